The van der Waals surface area contributed by atoms with E-state index in [0.717, 1.165) is 29.8 Å². The number of carboxylic acids is 1. The minimum absolute atomic E-state index is 0.00341. The van der Waals surface area contributed by atoms with Gasteiger partial charge in [0.05, 0.1) is 12.7 Å². The van der Waals surface area contributed by atoms with E-state index in [0.29, 0.717) is 23.4 Å². The van der Waals surface area contributed by atoms with Crippen LogP contribution < -0.4 is 25.7 Å². The summed E-state index contributed by atoms with van der Waals surface area (Å²) in [5.41, 5.74) is 13.8. The molecule has 0 saturated heterocycles. The molecule has 0 heterocycles. The number of benzene rings is 3. The number of esters is 1. The van der Waals surface area contributed by atoms with E-state index in [1.165, 1.54) is 31.4 Å². The maximum atomic E-state index is 13.0. The molecule has 0 aliphatic carbocycles. The standard InChI is InChI=1S/C27H24F4N2O6/c1-37-23-13-15(10-18(24(34)35)4-2-16-11-19(32)14-20(33)12-16)3-9-22(23)38-25(36)17-5-7-21(8-6-17)39-27(30,31)26(28)29/h3,5-14,26H,2,4,32-33H2,1H3,(H,34,35)/b18-10+. The van der Waals surface area contributed by atoms with Crippen LogP contribution in [0.1, 0.15) is 27.9 Å². The second kappa shape index (κ2) is 12.2. The average molecular weight is 548 g/mol. The first-order valence-electron chi connectivity index (χ1n) is 11.3. The first kappa shape index (κ1) is 28.8. The lowest BCUT2D eigenvalue weighted by Gasteiger charge is -2.16. The van der Waals surface area contributed by atoms with Crippen LogP contribution >= 0.6 is 0 Å². The predicted octanol–water partition coefficient (Wildman–Crippen LogP) is 5.42. The van der Waals surface area contributed by atoms with Gasteiger partial charge in [-0.3, -0.25) is 0 Å². The summed E-state index contributed by atoms with van der Waals surface area (Å²) >= 11 is 0. The number of aliphatic carboxylic acids is 1. The molecule has 0 aliphatic heterocycles. The summed E-state index contributed by atoms with van der Waals surface area (Å²) in [7, 11) is 1.32. The molecule has 0 bridgehead atoms. The highest BCUT2D eigenvalue weighted by molar-refractivity contribution is 5.93. The lowest BCUT2D eigenvalue weighted by Crippen LogP contribution is -2.33. The Morgan fingerprint density at radius 2 is 1.62 bits per heavy atom. The van der Waals surface area contributed by atoms with Gasteiger partial charge >= 0.3 is 24.5 Å². The van der Waals surface area contributed by atoms with Gasteiger partial charge in [0.2, 0.25) is 0 Å². The number of methoxy groups -OCH3 is 1. The number of carbonyl (C=O) groups is 2. The van der Waals surface area contributed by atoms with Crippen molar-refractivity contribution in [2.45, 2.75) is 25.4 Å². The van der Waals surface area contributed by atoms with Crippen molar-refractivity contribution in [3.8, 4) is 17.2 Å². The van der Waals surface area contributed by atoms with Crippen LogP contribution in [-0.4, -0.2) is 36.7 Å². The highest BCUT2D eigenvalue weighted by atomic mass is 19.3. The predicted molar refractivity (Wildman–Crippen MR) is 135 cm³/mol. The number of aryl methyl sites for hydroxylation is 1. The molecule has 0 aromatic heterocycles. The molecule has 12 heteroatoms. The van der Waals surface area contributed by atoms with Crippen LogP contribution in [0.2, 0.25) is 0 Å². The molecule has 0 amide bonds. The minimum Gasteiger partial charge on any atom is -0.493 e. The molecule has 0 atom stereocenters. The molecule has 3 rings (SSSR count). The van der Waals surface area contributed by atoms with Crippen molar-refractivity contribution >= 4 is 29.4 Å². The first-order chi connectivity index (χ1) is 18.4. The Kier molecular flexibility index (Phi) is 9.02. The van der Waals surface area contributed by atoms with Gasteiger partial charge in [-0.05, 0) is 84.6 Å². The van der Waals surface area contributed by atoms with Gasteiger partial charge in [0.15, 0.2) is 11.5 Å². The van der Waals surface area contributed by atoms with Crippen molar-refractivity contribution in [1.29, 1.82) is 0 Å². The molecular formula is C27H24F4N2O6. The van der Waals surface area contributed by atoms with E-state index >= 15 is 0 Å². The summed E-state index contributed by atoms with van der Waals surface area (Å²) in [4.78, 5) is 24.3. The Balaban J connectivity index is 1.73. The molecule has 0 fully saturated rings. The van der Waals surface area contributed by atoms with Gasteiger partial charge < -0.3 is 30.8 Å². The SMILES string of the molecule is COc1cc(/C=C(\CCc2cc(N)cc(N)c2)C(=O)O)ccc1OC(=O)c1ccc(OC(F)(F)C(F)F)cc1. The Bertz CT molecular complexity index is 1360. The van der Waals surface area contributed by atoms with Gasteiger partial charge in [-0.1, -0.05) is 6.07 Å². The molecule has 0 radical (unpaired) electrons. The largest absolute Gasteiger partial charge is 0.493 e. The number of nitrogens with two attached hydrogens (primary N) is 2. The van der Waals surface area contributed by atoms with Gasteiger partial charge in [0.1, 0.15) is 5.75 Å². The van der Waals surface area contributed by atoms with Crippen LogP contribution in [0.3, 0.4) is 0 Å². The van der Waals surface area contributed by atoms with E-state index in [1.807, 2.05) is 0 Å². The average Bonchev–Trinajstić information content (AvgIpc) is 2.86. The number of anilines is 2. The first-order valence-corrected chi connectivity index (χ1v) is 11.3. The van der Waals surface area contributed by atoms with Gasteiger partial charge in [0.25, 0.3) is 0 Å². The van der Waals surface area contributed by atoms with Crippen LogP contribution in [0, 0.1) is 0 Å². The topological polar surface area (TPSA) is 134 Å². The van der Waals surface area contributed by atoms with Gasteiger partial charge in [-0.15, -0.1) is 0 Å². The van der Waals surface area contributed by atoms with E-state index < -0.39 is 30.2 Å². The van der Waals surface area contributed by atoms with Crippen LogP contribution in [0.4, 0.5) is 28.9 Å². The second-order valence-corrected chi connectivity index (χ2v) is 8.27. The third-order valence-corrected chi connectivity index (χ3v) is 5.32. The fraction of sp³-hybridized carbons (Fsp3) is 0.185. The van der Waals surface area contributed by atoms with Gasteiger partial charge in [0, 0.05) is 16.9 Å². The zero-order valence-electron chi connectivity index (χ0n) is 20.5. The fourth-order valence-electron chi connectivity index (χ4n) is 3.49. The maximum Gasteiger partial charge on any atom is 0.461 e. The van der Waals surface area contributed by atoms with E-state index in [1.54, 1.807) is 18.2 Å². The van der Waals surface area contributed by atoms with E-state index in [9.17, 15) is 32.3 Å². The quantitative estimate of drug-likeness (QED) is 0.0952. The molecule has 39 heavy (non-hydrogen) atoms. The number of alkyl halides is 4. The molecule has 8 nitrogen and oxygen atoms in total. The zero-order valence-corrected chi connectivity index (χ0v) is 20.5. The molecule has 0 spiro atoms. The summed E-state index contributed by atoms with van der Waals surface area (Å²) in [5, 5.41) is 9.65. The third kappa shape index (κ3) is 7.87. The number of carboxylic acid groups (broad SMARTS) is 1. The van der Waals surface area contributed by atoms with Crippen molar-refractivity contribution in [1.82, 2.24) is 0 Å². The van der Waals surface area contributed by atoms with Crippen molar-refractivity contribution in [3.05, 3.63) is 82.9 Å². The van der Waals surface area contributed by atoms with Crippen LogP contribution in [-0.2, 0) is 11.2 Å². The van der Waals surface area contributed by atoms with E-state index in [2.05, 4.69) is 4.74 Å². The number of halogens is 4. The molecule has 206 valence electrons. The van der Waals surface area contributed by atoms with Crippen molar-refractivity contribution in [2.75, 3.05) is 18.6 Å². The Morgan fingerprint density at radius 3 is 2.18 bits per heavy atom. The number of hydrogen-bond donors (Lipinski definition) is 3. The molecule has 5 N–H and O–H groups in total. The highest BCUT2D eigenvalue weighted by Crippen LogP contribution is 2.31. The maximum absolute atomic E-state index is 13.0. The number of nitrogen functional groups attached to an aromatic ring is 2. The summed E-state index contributed by atoms with van der Waals surface area (Å²) in [6, 6.07) is 13.4. The van der Waals surface area contributed by atoms with Crippen LogP contribution in [0.15, 0.2) is 66.2 Å². The summed E-state index contributed by atoms with van der Waals surface area (Å²) in [6.45, 7) is 0. The Hall–Kier alpha value is -4.74. The lowest BCUT2D eigenvalue weighted by molar-refractivity contribution is -0.253. The fourth-order valence-corrected chi connectivity index (χ4v) is 3.49. The van der Waals surface area contributed by atoms with Gasteiger partial charge in [-0.2, -0.15) is 17.6 Å². The smallest absolute Gasteiger partial charge is 0.461 e. The lowest BCUT2D eigenvalue weighted by atomic mass is 10.0. The molecule has 0 unspecified atom stereocenters. The summed E-state index contributed by atoms with van der Waals surface area (Å²) in [5.74, 6) is -2.48. The van der Waals surface area contributed by atoms with Gasteiger partial charge in [-0.25, -0.2) is 9.59 Å². The van der Waals surface area contributed by atoms with Crippen molar-refractivity contribution in [2.24, 2.45) is 0 Å². The monoisotopic (exact) mass is 548 g/mol. The summed E-state index contributed by atoms with van der Waals surface area (Å²) in [6.07, 6.45) is -6.71. The molecule has 3 aromatic rings. The molecule has 3 aromatic carbocycles. The molecular weight excluding hydrogens is 524 g/mol. The van der Waals surface area contributed by atoms with Crippen molar-refractivity contribution in [3.63, 3.8) is 0 Å². The Labute approximate surface area is 220 Å². The minimum atomic E-state index is -4.68. The third-order valence-electron chi connectivity index (χ3n) is 5.32. The van der Waals surface area contributed by atoms with E-state index in [-0.39, 0.29) is 29.1 Å². The summed E-state index contributed by atoms with van der Waals surface area (Å²) < 4.78 is 65.2. The number of hydrogen-bond acceptors (Lipinski definition) is 7. The van der Waals surface area contributed by atoms with Crippen LogP contribution in [0.25, 0.3) is 6.08 Å². The number of rotatable bonds is 11. The normalized spacial score (nSPS) is 11.8. The highest BCUT2D eigenvalue weighted by Gasteiger charge is 2.43. The molecule has 0 saturated carbocycles. The molecule has 0 aliphatic rings. The second-order valence-electron chi connectivity index (χ2n) is 8.27. The van der Waals surface area contributed by atoms with Crippen molar-refractivity contribution < 1.29 is 46.5 Å². The number of carbonyl (C=O) groups excluding carboxylic acids is 1. The zero-order chi connectivity index (χ0) is 28.7. The van der Waals surface area contributed by atoms with Crippen LogP contribution in [0.5, 0.6) is 17.2 Å². The van der Waals surface area contributed by atoms with E-state index in [4.69, 9.17) is 20.9 Å². The number of ether oxygens (including phenoxy) is 3. The Morgan fingerprint density at radius 1 is 0.974 bits per heavy atom.